The third kappa shape index (κ3) is 8.04. The standard InChI is InChI=1S/C70H47N3OS/c1-6-20-48(21-7-1)52-43-64-60-32-18-19-33-67(60)74-70(64)66(45-52)73(56-30-14-5-15-31-56)59-39-41-62-61-40-38-58(46-68(61)75-69(62)47-59)72(55-28-12-4-13-29-55)65-44-51-23-17-16-22-50(51)42-63(65)49-34-36-57(37-35-49)71(53-24-8-2-9-25-53)54-26-10-3-11-27-54/h1-47H. The maximum atomic E-state index is 6.80. The number of hydrogen-bond acceptors (Lipinski definition) is 5. The second-order valence-corrected chi connectivity index (χ2v) is 20.0. The van der Waals surface area contributed by atoms with Gasteiger partial charge in [-0.05, 0) is 143 Å². The molecule has 0 radical (unpaired) electrons. The molecule has 2 heterocycles. The van der Waals surface area contributed by atoms with Gasteiger partial charge in [-0.2, -0.15) is 0 Å². The summed E-state index contributed by atoms with van der Waals surface area (Å²) >= 11 is 1.84. The van der Waals surface area contributed by atoms with Gasteiger partial charge in [-0.25, -0.2) is 0 Å². The van der Waals surface area contributed by atoms with Gasteiger partial charge in [0.1, 0.15) is 5.58 Å². The molecule has 0 unspecified atom stereocenters. The predicted molar refractivity (Wildman–Crippen MR) is 319 cm³/mol. The molecule has 0 atom stereocenters. The molecule has 0 spiro atoms. The third-order valence-electron chi connectivity index (χ3n) is 14.4. The molecular weight excluding hydrogens is 931 g/mol. The summed E-state index contributed by atoms with van der Waals surface area (Å²) in [7, 11) is 0. The third-order valence-corrected chi connectivity index (χ3v) is 15.5. The van der Waals surface area contributed by atoms with E-state index < -0.39 is 0 Å². The monoisotopic (exact) mass is 977 g/mol. The van der Waals surface area contributed by atoms with Crippen LogP contribution in [-0.2, 0) is 0 Å². The first-order chi connectivity index (χ1) is 37.2. The molecule has 0 aliphatic carbocycles. The summed E-state index contributed by atoms with van der Waals surface area (Å²) in [6.45, 7) is 0. The van der Waals surface area contributed by atoms with Gasteiger partial charge in [0.05, 0.1) is 11.4 Å². The zero-order valence-electron chi connectivity index (χ0n) is 40.8. The Bertz CT molecular complexity index is 4310. The zero-order chi connectivity index (χ0) is 49.7. The molecule has 2 aromatic heterocycles. The number of para-hydroxylation sites is 5. The second-order valence-electron chi connectivity index (χ2n) is 18.9. The second kappa shape index (κ2) is 18.7. The Labute approximate surface area is 439 Å². The lowest BCUT2D eigenvalue weighted by Gasteiger charge is -2.29. The van der Waals surface area contributed by atoms with Gasteiger partial charge in [-0.15, -0.1) is 11.3 Å². The van der Waals surface area contributed by atoms with Gasteiger partial charge in [0.25, 0.3) is 0 Å². The Morgan fingerprint density at radius 1 is 0.267 bits per heavy atom. The molecule has 14 rings (SSSR count). The Hall–Kier alpha value is -9.68. The van der Waals surface area contributed by atoms with Gasteiger partial charge in [0, 0.05) is 76.3 Å². The summed E-state index contributed by atoms with van der Waals surface area (Å²) in [4.78, 5) is 7.10. The van der Waals surface area contributed by atoms with Gasteiger partial charge in [-0.1, -0.05) is 170 Å². The fourth-order valence-corrected chi connectivity index (χ4v) is 12.0. The summed E-state index contributed by atoms with van der Waals surface area (Å²) in [5, 5.41) is 7.01. The van der Waals surface area contributed by atoms with Crippen molar-refractivity contribution >= 4 is 115 Å². The van der Waals surface area contributed by atoms with Crippen molar-refractivity contribution in [2.75, 3.05) is 14.7 Å². The summed E-state index contributed by atoms with van der Waals surface area (Å²) in [6.07, 6.45) is 0. The fraction of sp³-hybridized carbons (Fsp3) is 0. The molecule has 0 aliphatic rings. The van der Waals surface area contributed by atoms with Gasteiger partial charge in [0.2, 0.25) is 0 Å². The zero-order valence-corrected chi connectivity index (χ0v) is 41.6. The van der Waals surface area contributed by atoms with Gasteiger partial charge in [-0.3, -0.25) is 0 Å². The lowest BCUT2D eigenvalue weighted by molar-refractivity contribution is 0.669. The van der Waals surface area contributed by atoms with E-state index >= 15 is 0 Å². The van der Waals surface area contributed by atoms with E-state index in [9.17, 15) is 0 Å². The number of fused-ring (bicyclic) bond motifs is 7. The molecule has 0 saturated carbocycles. The average Bonchev–Trinajstić information content (AvgIpc) is 4.06. The Kier molecular flexibility index (Phi) is 11.0. The van der Waals surface area contributed by atoms with E-state index in [2.05, 4.69) is 294 Å². The summed E-state index contributed by atoms with van der Waals surface area (Å²) in [5.41, 5.74) is 16.0. The number of hydrogen-bond donors (Lipinski definition) is 0. The number of rotatable bonds is 11. The molecule has 4 nitrogen and oxygen atoms in total. The van der Waals surface area contributed by atoms with E-state index in [1.54, 1.807) is 0 Å². The first-order valence-corrected chi connectivity index (χ1v) is 26.2. The van der Waals surface area contributed by atoms with Crippen molar-refractivity contribution in [3.8, 4) is 22.3 Å². The van der Waals surface area contributed by atoms with Crippen molar-refractivity contribution < 1.29 is 4.42 Å². The molecule has 75 heavy (non-hydrogen) atoms. The number of thiophene rings is 1. The maximum Gasteiger partial charge on any atom is 0.159 e. The van der Waals surface area contributed by atoms with Crippen LogP contribution in [0.3, 0.4) is 0 Å². The number of nitrogens with zero attached hydrogens (tertiary/aromatic N) is 3. The number of furan rings is 1. The summed E-state index contributed by atoms with van der Waals surface area (Å²) in [6, 6.07) is 103. The lowest BCUT2D eigenvalue weighted by atomic mass is 9.97. The molecule has 0 N–H and O–H groups in total. The smallest absolute Gasteiger partial charge is 0.159 e. The summed E-state index contributed by atoms with van der Waals surface area (Å²) in [5.74, 6) is 0. The Morgan fingerprint density at radius 2 is 0.720 bits per heavy atom. The van der Waals surface area contributed by atoms with Crippen LogP contribution in [-0.4, -0.2) is 0 Å². The molecule has 0 aliphatic heterocycles. The van der Waals surface area contributed by atoms with Crippen LogP contribution in [0, 0.1) is 0 Å². The van der Waals surface area contributed by atoms with Gasteiger partial charge in [0.15, 0.2) is 5.58 Å². The van der Waals surface area contributed by atoms with E-state index in [1.807, 2.05) is 17.4 Å². The molecule has 12 aromatic carbocycles. The van der Waals surface area contributed by atoms with Crippen molar-refractivity contribution in [1.82, 2.24) is 0 Å². The van der Waals surface area contributed by atoms with E-state index in [0.717, 1.165) is 95.4 Å². The van der Waals surface area contributed by atoms with E-state index in [4.69, 9.17) is 4.42 Å². The first kappa shape index (κ1) is 44.1. The molecule has 0 saturated heterocycles. The van der Waals surface area contributed by atoms with E-state index in [0.29, 0.717) is 0 Å². The van der Waals surface area contributed by atoms with Crippen LogP contribution in [0.15, 0.2) is 290 Å². The minimum atomic E-state index is 0.854. The molecule has 0 amide bonds. The van der Waals surface area contributed by atoms with Crippen molar-refractivity contribution in [3.05, 3.63) is 285 Å². The Balaban J connectivity index is 0.907. The molecule has 5 heteroatoms. The highest BCUT2D eigenvalue weighted by Crippen LogP contribution is 2.49. The lowest BCUT2D eigenvalue weighted by Crippen LogP contribution is -2.11. The highest BCUT2D eigenvalue weighted by Gasteiger charge is 2.24. The Morgan fingerprint density at radius 3 is 1.29 bits per heavy atom. The van der Waals surface area contributed by atoms with Crippen LogP contribution >= 0.6 is 11.3 Å². The first-order valence-electron chi connectivity index (χ1n) is 25.4. The largest absolute Gasteiger partial charge is 0.454 e. The van der Waals surface area contributed by atoms with E-state index in [1.165, 1.54) is 30.9 Å². The minimum absolute atomic E-state index is 0.854. The maximum absolute atomic E-state index is 6.80. The van der Waals surface area contributed by atoms with Gasteiger partial charge < -0.3 is 19.1 Å². The predicted octanol–water partition coefficient (Wildman–Crippen LogP) is 20.9. The van der Waals surface area contributed by atoms with E-state index in [-0.39, 0.29) is 0 Å². The SMILES string of the molecule is c1ccc(-c2cc(N(c3ccccc3)c3ccc4c(c3)sc3cc(N(c5ccccc5)c5cc6ccccc6cc5-c5ccc(N(c6ccccc6)c6ccccc6)cc5)ccc34)c3oc4ccccc4c3c2)cc1. The summed E-state index contributed by atoms with van der Waals surface area (Å²) < 4.78 is 9.23. The molecule has 0 bridgehead atoms. The van der Waals surface area contributed by atoms with Crippen molar-refractivity contribution in [2.45, 2.75) is 0 Å². The quantitative estimate of drug-likeness (QED) is 0.129. The van der Waals surface area contributed by atoms with Crippen LogP contribution < -0.4 is 14.7 Å². The molecule has 14 aromatic rings. The van der Waals surface area contributed by atoms with Crippen molar-refractivity contribution in [1.29, 1.82) is 0 Å². The number of anilines is 9. The van der Waals surface area contributed by atoms with Crippen molar-refractivity contribution in [3.63, 3.8) is 0 Å². The molecular formula is C70H47N3OS. The highest BCUT2D eigenvalue weighted by molar-refractivity contribution is 7.25. The minimum Gasteiger partial charge on any atom is -0.454 e. The average molecular weight is 978 g/mol. The highest BCUT2D eigenvalue weighted by atomic mass is 32.1. The van der Waals surface area contributed by atoms with Gasteiger partial charge >= 0.3 is 0 Å². The topological polar surface area (TPSA) is 22.9 Å². The molecule has 354 valence electrons. The normalized spacial score (nSPS) is 11.5. The fourth-order valence-electron chi connectivity index (χ4n) is 10.8. The van der Waals surface area contributed by atoms with Crippen molar-refractivity contribution in [2.24, 2.45) is 0 Å². The molecule has 0 fully saturated rings. The van der Waals surface area contributed by atoms with Crippen LogP contribution in [0.4, 0.5) is 51.2 Å². The van der Waals surface area contributed by atoms with Crippen LogP contribution in [0.1, 0.15) is 0 Å². The van der Waals surface area contributed by atoms with Crippen LogP contribution in [0.5, 0.6) is 0 Å². The van der Waals surface area contributed by atoms with Crippen LogP contribution in [0.2, 0.25) is 0 Å². The van der Waals surface area contributed by atoms with Crippen LogP contribution in [0.25, 0.3) is 75.1 Å². The number of benzene rings is 12.